The molecule has 0 spiro atoms. The number of imidazole rings is 1. The summed E-state index contributed by atoms with van der Waals surface area (Å²) in [5.74, 6) is 2.94. The van der Waals surface area contributed by atoms with Gasteiger partial charge >= 0.3 is 0 Å². The Balaban J connectivity index is 1.19. The third-order valence-corrected chi connectivity index (χ3v) is 6.85. The van der Waals surface area contributed by atoms with E-state index < -0.39 is 0 Å². The lowest BCUT2D eigenvalue weighted by Gasteiger charge is -2.11. The topological polar surface area (TPSA) is 65.4 Å². The molecule has 0 aliphatic rings. The smallest absolute Gasteiger partial charge is 0.224 e. The third kappa shape index (κ3) is 7.85. The number of rotatable bonds is 15. The molecule has 0 fully saturated rings. The van der Waals surface area contributed by atoms with E-state index in [0.29, 0.717) is 13.0 Å². The van der Waals surface area contributed by atoms with Crippen molar-refractivity contribution in [1.82, 2.24) is 14.9 Å². The first-order chi connectivity index (χ1) is 18.6. The van der Waals surface area contributed by atoms with Crippen molar-refractivity contribution in [2.45, 2.75) is 58.4 Å². The molecule has 4 aromatic rings. The number of nitrogens with zero attached hydrogens (tertiary/aromatic N) is 2. The molecule has 3 aromatic carbocycles. The van der Waals surface area contributed by atoms with Crippen molar-refractivity contribution in [2.24, 2.45) is 0 Å². The molecule has 4 rings (SSSR count). The number of fused-ring (bicyclic) bond motifs is 1. The van der Waals surface area contributed by atoms with E-state index in [-0.39, 0.29) is 5.91 Å². The second-order valence-corrected chi connectivity index (χ2v) is 9.66. The van der Waals surface area contributed by atoms with Gasteiger partial charge in [0.2, 0.25) is 5.91 Å². The van der Waals surface area contributed by atoms with Gasteiger partial charge in [0.25, 0.3) is 0 Å². The van der Waals surface area contributed by atoms with Crippen LogP contribution in [-0.4, -0.2) is 35.7 Å². The molecule has 0 bridgehead atoms. The fraction of sp³-hybridized carbons (Fsp3) is 0.375. The summed E-state index contributed by atoms with van der Waals surface area (Å²) in [6.07, 6.45) is 6.47. The summed E-state index contributed by atoms with van der Waals surface area (Å²) in [7, 11) is 1.66. The van der Waals surface area contributed by atoms with Crippen molar-refractivity contribution in [2.75, 3.05) is 20.3 Å². The maximum absolute atomic E-state index is 12.3. The average molecular weight is 514 g/mol. The van der Waals surface area contributed by atoms with Crippen LogP contribution in [0, 0.1) is 6.92 Å². The van der Waals surface area contributed by atoms with Gasteiger partial charge in [0.05, 0.1) is 31.2 Å². The zero-order chi connectivity index (χ0) is 26.6. The van der Waals surface area contributed by atoms with Crippen LogP contribution < -0.4 is 14.8 Å². The van der Waals surface area contributed by atoms with Crippen molar-refractivity contribution >= 4 is 16.9 Å². The van der Waals surface area contributed by atoms with Crippen LogP contribution >= 0.6 is 0 Å². The van der Waals surface area contributed by atoms with Crippen molar-refractivity contribution in [1.29, 1.82) is 0 Å². The number of methoxy groups -OCH3 is 1. The number of hydrogen-bond donors (Lipinski definition) is 1. The van der Waals surface area contributed by atoms with Crippen LogP contribution in [0.25, 0.3) is 11.0 Å². The highest BCUT2D eigenvalue weighted by Crippen LogP contribution is 2.20. The molecular weight excluding hydrogens is 474 g/mol. The maximum atomic E-state index is 12.3. The summed E-state index contributed by atoms with van der Waals surface area (Å²) < 4.78 is 13.5. The quantitative estimate of drug-likeness (QED) is 0.190. The van der Waals surface area contributed by atoms with Gasteiger partial charge in [-0.1, -0.05) is 42.8 Å². The number of nitrogens with one attached hydrogen (secondary N) is 1. The summed E-state index contributed by atoms with van der Waals surface area (Å²) >= 11 is 0. The van der Waals surface area contributed by atoms with E-state index in [9.17, 15) is 4.79 Å². The van der Waals surface area contributed by atoms with Crippen LogP contribution in [0.4, 0.5) is 0 Å². The summed E-state index contributed by atoms with van der Waals surface area (Å²) in [6, 6.07) is 24.1. The molecule has 1 amide bonds. The summed E-state index contributed by atoms with van der Waals surface area (Å²) in [4.78, 5) is 17.2. The molecule has 1 N–H and O–H groups in total. The van der Waals surface area contributed by atoms with Gasteiger partial charge in [-0.25, -0.2) is 4.98 Å². The van der Waals surface area contributed by atoms with E-state index >= 15 is 0 Å². The molecule has 0 unspecified atom stereocenters. The van der Waals surface area contributed by atoms with Crippen LogP contribution in [0.1, 0.15) is 49.1 Å². The van der Waals surface area contributed by atoms with E-state index in [1.54, 1.807) is 7.11 Å². The summed E-state index contributed by atoms with van der Waals surface area (Å²) in [5, 5.41) is 3.07. The van der Waals surface area contributed by atoms with E-state index in [1.807, 2.05) is 61.5 Å². The number of ether oxygens (including phenoxy) is 2. The van der Waals surface area contributed by atoms with Gasteiger partial charge in [0.1, 0.15) is 17.3 Å². The van der Waals surface area contributed by atoms with Crippen LogP contribution in [0.2, 0.25) is 0 Å². The fourth-order valence-electron chi connectivity index (χ4n) is 4.66. The molecule has 0 saturated heterocycles. The third-order valence-electron chi connectivity index (χ3n) is 6.85. The molecule has 0 radical (unpaired) electrons. The number of benzene rings is 3. The Morgan fingerprint density at radius 2 is 1.63 bits per heavy atom. The van der Waals surface area contributed by atoms with Gasteiger partial charge in [0, 0.05) is 19.5 Å². The molecular formula is C32H39N3O3. The van der Waals surface area contributed by atoms with Crippen molar-refractivity contribution in [3.63, 3.8) is 0 Å². The number of aryl methyl sites for hydroxylation is 3. The molecule has 0 aliphatic carbocycles. The van der Waals surface area contributed by atoms with Crippen molar-refractivity contribution in [3.8, 4) is 11.5 Å². The second-order valence-electron chi connectivity index (χ2n) is 9.66. The minimum absolute atomic E-state index is 0.0945. The van der Waals surface area contributed by atoms with Gasteiger partial charge < -0.3 is 19.4 Å². The van der Waals surface area contributed by atoms with Crippen LogP contribution in [0.5, 0.6) is 11.5 Å². The molecule has 38 heavy (non-hydrogen) atoms. The molecule has 1 heterocycles. The Kier molecular flexibility index (Phi) is 10.2. The number of carbonyl (C=O) groups is 1. The first kappa shape index (κ1) is 27.2. The van der Waals surface area contributed by atoms with E-state index in [1.165, 1.54) is 5.52 Å². The van der Waals surface area contributed by atoms with Gasteiger partial charge in [0.15, 0.2) is 0 Å². The highest BCUT2D eigenvalue weighted by atomic mass is 16.5. The number of unbranched alkanes of at least 4 members (excludes halogenated alkanes) is 3. The van der Waals surface area contributed by atoms with Gasteiger partial charge in [-0.05, 0) is 80.1 Å². The lowest BCUT2D eigenvalue weighted by molar-refractivity contribution is -0.120. The molecule has 6 heteroatoms. The second kappa shape index (κ2) is 14.2. The van der Waals surface area contributed by atoms with E-state index in [2.05, 4.69) is 28.1 Å². The predicted molar refractivity (Wildman–Crippen MR) is 153 cm³/mol. The van der Waals surface area contributed by atoms with E-state index in [4.69, 9.17) is 14.5 Å². The Morgan fingerprint density at radius 3 is 2.45 bits per heavy atom. The highest BCUT2D eigenvalue weighted by Gasteiger charge is 2.10. The fourth-order valence-corrected chi connectivity index (χ4v) is 4.66. The largest absolute Gasteiger partial charge is 0.497 e. The normalized spacial score (nSPS) is 11.0. The lowest BCUT2D eigenvalue weighted by Crippen LogP contribution is -2.26. The van der Waals surface area contributed by atoms with Crippen molar-refractivity contribution in [3.05, 3.63) is 89.7 Å². The zero-order valence-corrected chi connectivity index (χ0v) is 22.6. The van der Waals surface area contributed by atoms with E-state index in [0.717, 1.165) is 85.6 Å². The number of aromatic nitrogens is 2. The lowest BCUT2D eigenvalue weighted by atomic mass is 10.1. The Morgan fingerprint density at radius 1 is 0.868 bits per heavy atom. The standard InChI is InChI=1S/C32H39N3O3/c1-25-12-5-6-13-26(25)24-32(36)33-21-9-3-4-16-31-34-29-14-7-8-15-30(29)35(31)22-10-11-23-38-28-19-17-27(37-2)18-20-28/h5-8,12-15,17-20H,3-4,9-11,16,21-24H2,1-2H3,(H,33,36). The molecule has 1 aromatic heterocycles. The highest BCUT2D eigenvalue weighted by molar-refractivity contribution is 5.78. The van der Waals surface area contributed by atoms with Gasteiger partial charge in [-0.3, -0.25) is 4.79 Å². The molecule has 0 aliphatic heterocycles. The average Bonchev–Trinajstić information content (AvgIpc) is 3.29. The first-order valence-electron chi connectivity index (χ1n) is 13.7. The van der Waals surface area contributed by atoms with Gasteiger partial charge in [-0.15, -0.1) is 0 Å². The Labute approximate surface area is 226 Å². The Bertz CT molecular complexity index is 1300. The monoisotopic (exact) mass is 513 g/mol. The number of amides is 1. The predicted octanol–water partition coefficient (Wildman–Crippen LogP) is 6.28. The van der Waals surface area contributed by atoms with Crippen LogP contribution in [0.3, 0.4) is 0 Å². The van der Waals surface area contributed by atoms with Gasteiger partial charge in [-0.2, -0.15) is 0 Å². The molecule has 0 atom stereocenters. The SMILES string of the molecule is COc1ccc(OCCCCn2c(CCCCCNC(=O)Cc3ccccc3C)nc3ccccc32)cc1. The maximum Gasteiger partial charge on any atom is 0.224 e. The summed E-state index contributed by atoms with van der Waals surface area (Å²) in [6.45, 7) is 4.38. The van der Waals surface area contributed by atoms with Crippen LogP contribution in [0.15, 0.2) is 72.8 Å². The number of para-hydroxylation sites is 2. The Hall–Kier alpha value is -3.80. The number of hydrogen-bond acceptors (Lipinski definition) is 4. The summed E-state index contributed by atoms with van der Waals surface area (Å²) in [5.41, 5.74) is 4.51. The van der Waals surface area contributed by atoms with Crippen molar-refractivity contribution < 1.29 is 14.3 Å². The molecule has 200 valence electrons. The molecule has 6 nitrogen and oxygen atoms in total. The molecule has 0 saturated carbocycles. The minimum Gasteiger partial charge on any atom is -0.497 e. The van der Waals surface area contributed by atoms with Crippen LogP contribution in [-0.2, 0) is 24.2 Å². The first-order valence-corrected chi connectivity index (χ1v) is 13.7. The minimum atomic E-state index is 0.0945. The zero-order valence-electron chi connectivity index (χ0n) is 22.6. The number of carbonyl (C=O) groups excluding carboxylic acids is 1.